The van der Waals surface area contributed by atoms with Gasteiger partial charge in [0, 0.05) is 17.3 Å². The number of carbonyl (C=O) groups is 2. The fraction of sp³-hybridized carbons (Fsp3) is 0.310. The second-order valence-corrected chi connectivity index (χ2v) is 10.5. The van der Waals surface area contributed by atoms with Gasteiger partial charge >= 0.3 is 0 Å². The van der Waals surface area contributed by atoms with Crippen LogP contribution in [0.3, 0.4) is 0 Å². The molecule has 2 amide bonds. The number of nitrogens with zero attached hydrogens (tertiary/aromatic N) is 1. The Morgan fingerprint density at radius 1 is 1.00 bits per heavy atom. The fourth-order valence-electron chi connectivity index (χ4n) is 4.68. The summed E-state index contributed by atoms with van der Waals surface area (Å²) in [7, 11) is 0. The number of nitrogens with one attached hydrogen (secondary N) is 1. The average molecular weight is 493 g/mol. The van der Waals surface area contributed by atoms with Crippen LogP contribution < -0.4 is 5.32 Å². The Balaban J connectivity index is 1.67. The van der Waals surface area contributed by atoms with Crippen molar-refractivity contribution in [2.24, 2.45) is 5.92 Å². The monoisotopic (exact) mass is 492 g/mol. The van der Waals surface area contributed by atoms with Crippen molar-refractivity contribution >= 4 is 29.1 Å². The SMILES string of the molecule is CC(C)(C)c1cccc(NC(=O)[C@H]2CCCN(C(=O)c3ccc(Cl)cc3F)[C@H]2c2ccccc2)c1. The number of piperidine rings is 1. The van der Waals surface area contributed by atoms with Crippen LogP contribution in [0.2, 0.25) is 5.02 Å². The summed E-state index contributed by atoms with van der Waals surface area (Å²) in [6.07, 6.45) is 1.27. The lowest BCUT2D eigenvalue weighted by molar-refractivity contribution is -0.123. The molecule has 0 aromatic heterocycles. The van der Waals surface area contributed by atoms with Crippen molar-refractivity contribution in [3.8, 4) is 0 Å². The highest BCUT2D eigenvalue weighted by molar-refractivity contribution is 6.30. The van der Waals surface area contributed by atoms with E-state index in [1.807, 2.05) is 54.6 Å². The predicted octanol–water partition coefficient (Wildman–Crippen LogP) is 7.01. The second kappa shape index (κ2) is 10.2. The molecule has 6 heteroatoms. The number of benzene rings is 3. The first-order chi connectivity index (χ1) is 16.6. The van der Waals surface area contributed by atoms with E-state index in [1.165, 1.54) is 12.1 Å². The molecule has 3 aromatic carbocycles. The van der Waals surface area contributed by atoms with Crippen LogP contribution in [0.5, 0.6) is 0 Å². The van der Waals surface area contributed by atoms with Gasteiger partial charge in [-0.15, -0.1) is 0 Å². The maximum absolute atomic E-state index is 14.7. The van der Waals surface area contributed by atoms with Crippen LogP contribution >= 0.6 is 11.6 Å². The molecule has 0 radical (unpaired) electrons. The Bertz CT molecular complexity index is 1220. The predicted molar refractivity (Wildman–Crippen MR) is 138 cm³/mol. The summed E-state index contributed by atoms with van der Waals surface area (Å²) >= 11 is 5.90. The molecule has 2 atom stereocenters. The smallest absolute Gasteiger partial charge is 0.257 e. The molecular formula is C29H30ClFN2O2. The molecule has 1 heterocycles. The van der Waals surface area contributed by atoms with Gasteiger partial charge in [0.25, 0.3) is 5.91 Å². The number of hydrogen-bond donors (Lipinski definition) is 1. The van der Waals surface area contributed by atoms with Gasteiger partial charge in [-0.25, -0.2) is 4.39 Å². The minimum absolute atomic E-state index is 0.0470. The number of likely N-dealkylation sites (tertiary alicyclic amines) is 1. The fourth-order valence-corrected chi connectivity index (χ4v) is 4.84. The Morgan fingerprint density at radius 2 is 1.74 bits per heavy atom. The lowest BCUT2D eigenvalue weighted by Gasteiger charge is -2.41. The largest absolute Gasteiger partial charge is 0.331 e. The highest BCUT2D eigenvalue weighted by atomic mass is 35.5. The third-order valence-electron chi connectivity index (χ3n) is 6.53. The van der Waals surface area contributed by atoms with Crippen LogP contribution in [0.15, 0.2) is 72.8 Å². The average Bonchev–Trinajstić information content (AvgIpc) is 2.83. The van der Waals surface area contributed by atoms with Crippen LogP contribution in [-0.4, -0.2) is 23.3 Å². The van der Waals surface area contributed by atoms with Crippen molar-refractivity contribution < 1.29 is 14.0 Å². The normalized spacial score (nSPS) is 18.3. The first kappa shape index (κ1) is 24.9. The topological polar surface area (TPSA) is 49.4 Å². The highest BCUT2D eigenvalue weighted by Gasteiger charge is 2.40. The first-order valence-electron chi connectivity index (χ1n) is 11.9. The van der Waals surface area contributed by atoms with Gasteiger partial charge in [0.05, 0.1) is 17.5 Å². The zero-order chi connectivity index (χ0) is 25.2. The number of halogens is 2. The third kappa shape index (κ3) is 5.57. The molecule has 3 aromatic rings. The number of carbonyl (C=O) groups excluding carboxylic acids is 2. The Kier molecular flexibility index (Phi) is 7.27. The standard InChI is InChI=1S/C29H30ClFN2O2/c1-29(2,3)20-11-7-12-22(17-20)32-27(34)24-13-8-16-33(26(24)19-9-5-4-6-10-19)28(35)23-15-14-21(30)18-25(23)31/h4-7,9-12,14-15,17-18,24,26H,8,13,16H2,1-3H3,(H,32,34)/t24-,26-/m0/s1. The van der Waals surface area contributed by atoms with Gasteiger partial charge in [-0.1, -0.05) is 74.8 Å². The molecule has 1 N–H and O–H groups in total. The molecule has 182 valence electrons. The number of rotatable bonds is 4. The summed E-state index contributed by atoms with van der Waals surface area (Å²) in [5.41, 5.74) is 2.59. The van der Waals surface area contributed by atoms with E-state index in [1.54, 1.807) is 4.90 Å². The van der Waals surface area contributed by atoms with Crippen LogP contribution in [-0.2, 0) is 10.2 Å². The number of anilines is 1. The summed E-state index contributed by atoms with van der Waals surface area (Å²) in [5.74, 6) is -1.75. The molecule has 0 aliphatic carbocycles. The molecule has 0 unspecified atom stereocenters. The minimum Gasteiger partial charge on any atom is -0.331 e. The lowest BCUT2D eigenvalue weighted by atomic mass is 9.83. The van der Waals surface area contributed by atoms with Gasteiger partial charge in [0.15, 0.2) is 0 Å². The van der Waals surface area contributed by atoms with Gasteiger partial charge in [0.2, 0.25) is 5.91 Å². The summed E-state index contributed by atoms with van der Waals surface area (Å²) < 4.78 is 14.7. The van der Waals surface area contributed by atoms with E-state index in [0.717, 1.165) is 22.9 Å². The molecule has 1 saturated heterocycles. The molecular weight excluding hydrogens is 463 g/mol. The zero-order valence-corrected chi connectivity index (χ0v) is 21.0. The highest BCUT2D eigenvalue weighted by Crippen LogP contribution is 2.38. The number of hydrogen-bond acceptors (Lipinski definition) is 2. The van der Waals surface area contributed by atoms with E-state index >= 15 is 0 Å². The molecule has 35 heavy (non-hydrogen) atoms. The molecule has 0 saturated carbocycles. The van der Waals surface area contributed by atoms with Crippen molar-refractivity contribution in [2.45, 2.75) is 45.1 Å². The van der Waals surface area contributed by atoms with Crippen LogP contribution in [0.4, 0.5) is 10.1 Å². The van der Waals surface area contributed by atoms with E-state index < -0.39 is 23.7 Å². The van der Waals surface area contributed by atoms with Crippen molar-refractivity contribution in [3.05, 3.63) is 100 Å². The molecule has 1 fully saturated rings. The molecule has 1 aliphatic rings. The van der Waals surface area contributed by atoms with Gasteiger partial charge in [-0.3, -0.25) is 9.59 Å². The molecule has 4 nitrogen and oxygen atoms in total. The van der Waals surface area contributed by atoms with Gasteiger partial charge in [0.1, 0.15) is 5.82 Å². The van der Waals surface area contributed by atoms with Crippen LogP contribution in [0.25, 0.3) is 0 Å². The van der Waals surface area contributed by atoms with Crippen molar-refractivity contribution in [1.82, 2.24) is 4.90 Å². The minimum atomic E-state index is -0.667. The van der Waals surface area contributed by atoms with E-state index in [9.17, 15) is 14.0 Å². The quantitative estimate of drug-likeness (QED) is 0.426. The van der Waals surface area contributed by atoms with Gasteiger partial charge in [-0.05, 0) is 59.7 Å². The first-order valence-corrected chi connectivity index (χ1v) is 12.3. The Hall–Kier alpha value is -3.18. The zero-order valence-electron chi connectivity index (χ0n) is 20.2. The summed E-state index contributed by atoms with van der Waals surface area (Å²) in [6, 6.07) is 20.9. The van der Waals surface area contributed by atoms with Crippen molar-refractivity contribution in [3.63, 3.8) is 0 Å². The van der Waals surface area contributed by atoms with E-state index in [2.05, 4.69) is 26.1 Å². The van der Waals surface area contributed by atoms with Crippen LogP contribution in [0, 0.1) is 11.7 Å². The van der Waals surface area contributed by atoms with Crippen molar-refractivity contribution in [1.29, 1.82) is 0 Å². The van der Waals surface area contributed by atoms with Gasteiger partial charge in [-0.2, -0.15) is 0 Å². The lowest BCUT2D eigenvalue weighted by Crippen LogP contribution is -2.46. The molecule has 4 rings (SSSR count). The molecule has 0 spiro atoms. The maximum Gasteiger partial charge on any atom is 0.257 e. The molecule has 0 bridgehead atoms. The second-order valence-electron chi connectivity index (χ2n) is 10.0. The van der Waals surface area contributed by atoms with E-state index in [4.69, 9.17) is 11.6 Å². The van der Waals surface area contributed by atoms with Crippen LogP contribution in [0.1, 0.15) is 61.1 Å². The number of amides is 2. The molecule has 1 aliphatic heterocycles. The van der Waals surface area contributed by atoms with E-state index in [-0.39, 0.29) is 21.9 Å². The van der Waals surface area contributed by atoms with Gasteiger partial charge < -0.3 is 10.2 Å². The maximum atomic E-state index is 14.7. The van der Waals surface area contributed by atoms with Crippen molar-refractivity contribution in [2.75, 3.05) is 11.9 Å². The Morgan fingerprint density at radius 3 is 2.43 bits per heavy atom. The Labute approximate surface area is 211 Å². The third-order valence-corrected chi connectivity index (χ3v) is 6.76. The van der Waals surface area contributed by atoms with E-state index in [0.29, 0.717) is 19.4 Å². The summed E-state index contributed by atoms with van der Waals surface area (Å²) in [6.45, 7) is 6.81. The summed E-state index contributed by atoms with van der Waals surface area (Å²) in [5, 5.41) is 3.30. The summed E-state index contributed by atoms with van der Waals surface area (Å²) in [4.78, 5) is 28.7.